The van der Waals surface area contributed by atoms with Crippen molar-refractivity contribution in [2.24, 2.45) is 5.92 Å². The summed E-state index contributed by atoms with van der Waals surface area (Å²) in [5.74, 6) is 1.10. The summed E-state index contributed by atoms with van der Waals surface area (Å²) in [7, 11) is 1.48. The number of thioether (sulfide) groups is 1. The maximum absolute atomic E-state index is 14.0. The number of alkyl halides is 3. The number of rotatable bonds is 13. The van der Waals surface area contributed by atoms with Crippen LogP contribution in [0.5, 0.6) is 11.6 Å². The van der Waals surface area contributed by atoms with Crippen LogP contribution in [0.1, 0.15) is 59.8 Å². The number of hydrogen-bond donors (Lipinski definition) is 0. The van der Waals surface area contributed by atoms with Gasteiger partial charge in [0.15, 0.2) is 5.75 Å². The summed E-state index contributed by atoms with van der Waals surface area (Å²) in [6.07, 6.45) is 4.66. The van der Waals surface area contributed by atoms with E-state index in [1.165, 1.54) is 32.3 Å². The number of nitrogens with zero attached hydrogens (tertiary/aromatic N) is 6. The van der Waals surface area contributed by atoms with Crippen LogP contribution in [-0.4, -0.2) is 59.7 Å². The SMILES string of the molecule is CCN(CC1CCCC1)c1ccc(OC)nc1CN(C(=O)c1cc(C#N)cc(C(F)(F)F)c1)c1ncc(OCCSC)cn1. The molecule has 4 rings (SSSR count). The van der Waals surface area contributed by atoms with Crippen LogP contribution in [0.15, 0.2) is 42.7 Å². The Balaban J connectivity index is 1.78. The normalized spacial score (nSPS) is 13.4. The molecule has 0 aliphatic heterocycles. The minimum Gasteiger partial charge on any atom is -0.489 e. The predicted molar refractivity (Wildman–Crippen MR) is 163 cm³/mol. The third kappa shape index (κ3) is 8.31. The highest BCUT2D eigenvalue weighted by molar-refractivity contribution is 7.98. The quantitative estimate of drug-likeness (QED) is 0.200. The molecule has 1 amide bonds. The number of carbonyl (C=O) groups excluding carboxylic acids is 1. The van der Waals surface area contributed by atoms with E-state index in [-0.39, 0.29) is 23.6 Å². The van der Waals surface area contributed by atoms with Crippen LogP contribution in [0.25, 0.3) is 0 Å². The first-order chi connectivity index (χ1) is 21.2. The molecule has 1 fully saturated rings. The summed E-state index contributed by atoms with van der Waals surface area (Å²) in [5, 5.41) is 9.43. The second kappa shape index (κ2) is 15.1. The van der Waals surface area contributed by atoms with Crippen LogP contribution in [0, 0.1) is 17.2 Å². The van der Waals surface area contributed by atoms with Gasteiger partial charge in [-0.3, -0.25) is 9.69 Å². The molecule has 0 unspecified atom stereocenters. The second-order valence-electron chi connectivity index (χ2n) is 10.4. The van der Waals surface area contributed by atoms with Crippen LogP contribution in [0.4, 0.5) is 24.8 Å². The first kappa shape index (κ1) is 32.9. The summed E-state index contributed by atoms with van der Waals surface area (Å²) < 4.78 is 52.2. The lowest BCUT2D eigenvalue weighted by Crippen LogP contribution is -2.35. The molecule has 0 radical (unpaired) electrons. The van der Waals surface area contributed by atoms with Crippen LogP contribution in [0.3, 0.4) is 0 Å². The Bertz CT molecular complexity index is 1460. The van der Waals surface area contributed by atoms with E-state index in [0.717, 1.165) is 47.9 Å². The number of carbonyl (C=O) groups is 1. The maximum Gasteiger partial charge on any atom is 0.416 e. The van der Waals surface area contributed by atoms with E-state index in [1.807, 2.05) is 19.2 Å². The second-order valence-corrected chi connectivity index (χ2v) is 11.4. The molecule has 1 aromatic carbocycles. The van der Waals surface area contributed by atoms with Gasteiger partial charge in [0.2, 0.25) is 11.8 Å². The van der Waals surface area contributed by atoms with Gasteiger partial charge in [-0.1, -0.05) is 12.8 Å². The molecule has 1 aliphatic rings. The zero-order valence-corrected chi connectivity index (χ0v) is 25.7. The first-order valence-corrected chi connectivity index (χ1v) is 15.7. The number of benzene rings is 1. The molecule has 0 spiro atoms. The topological polar surface area (TPSA) is 104 Å². The minimum atomic E-state index is -4.76. The molecule has 9 nitrogen and oxygen atoms in total. The Kier molecular flexibility index (Phi) is 11.3. The van der Waals surface area contributed by atoms with E-state index in [1.54, 1.807) is 23.9 Å². The summed E-state index contributed by atoms with van der Waals surface area (Å²) in [6, 6.07) is 7.91. The number of amides is 1. The molecule has 3 aromatic rings. The monoisotopic (exact) mass is 628 g/mol. The van der Waals surface area contributed by atoms with E-state index in [9.17, 15) is 23.2 Å². The number of halogens is 3. The average Bonchev–Trinajstić information content (AvgIpc) is 3.55. The van der Waals surface area contributed by atoms with Gasteiger partial charge in [0.25, 0.3) is 5.91 Å². The third-order valence-corrected chi connectivity index (χ3v) is 7.99. The largest absolute Gasteiger partial charge is 0.489 e. The number of anilines is 2. The fourth-order valence-electron chi connectivity index (χ4n) is 5.18. The number of aromatic nitrogens is 3. The van der Waals surface area contributed by atoms with Gasteiger partial charge < -0.3 is 14.4 Å². The van der Waals surface area contributed by atoms with Gasteiger partial charge in [0.05, 0.1) is 61.2 Å². The number of ether oxygens (including phenoxy) is 2. The summed E-state index contributed by atoms with van der Waals surface area (Å²) in [4.78, 5) is 30.7. The van der Waals surface area contributed by atoms with Crippen molar-refractivity contribution in [3.05, 3.63) is 65.1 Å². The highest BCUT2D eigenvalue weighted by Gasteiger charge is 2.33. The molecule has 0 bridgehead atoms. The van der Waals surface area contributed by atoms with Crippen LogP contribution < -0.4 is 19.3 Å². The van der Waals surface area contributed by atoms with Crippen molar-refractivity contribution < 1.29 is 27.4 Å². The summed E-state index contributed by atoms with van der Waals surface area (Å²) in [6.45, 7) is 3.79. The molecule has 234 valence electrons. The van der Waals surface area contributed by atoms with Crippen molar-refractivity contribution in [3.8, 4) is 17.7 Å². The van der Waals surface area contributed by atoms with Crippen molar-refractivity contribution in [2.75, 3.05) is 48.6 Å². The lowest BCUT2D eigenvalue weighted by molar-refractivity contribution is -0.137. The lowest BCUT2D eigenvalue weighted by atomic mass is 10.0. The Labute approximate surface area is 259 Å². The van der Waals surface area contributed by atoms with Crippen LogP contribution in [0.2, 0.25) is 0 Å². The molecule has 0 atom stereocenters. The minimum absolute atomic E-state index is 0.0578. The molecule has 0 saturated heterocycles. The Hall–Kier alpha value is -4.05. The predicted octanol–water partition coefficient (Wildman–Crippen LogP) is 6.38. The van der Waals surface area contributed by atoms with E-state index < -0.39 is 17.6 Å². The smallest absolute Gasteiger partial charge is 0.416 e. The van der Waals surface area contributed by atoms with Gasteiger partial charge in [-0.05, 0) is 56.2 Å². The van der Waals surface area contributed by atoms with E-state index in [0.29, 0.717) is 42.5 Å². The molecule has 1 saturated carbocycles. The lowest BCUT2D eigenvalue weighted by Gasteiger charge is -2.30. The first-order valence-electron chi connectivity index (χ1n) is 14.3. The molecule has 13 heteroatoms. The molecule has 2 aromatic heterocycles. The van der Waals surface area contributed by atoms with Gasteiger partial charge in [0, 0.05) is 30.5 Å². The van der Waals surface area contributed by atoms with Crippen molar-refractivity contribution >= 4 is 29.3 Å². The molecule has 1 aliphatic carbocycles. The average molecular weight is 629 g/mol. The van der Waals surface area contributed by atoms with Crippen molar-refractivity contribution in [1.29, 1.82) is 5.26 Å². The number of hydrogen-bond acceptors (Lipinski definition) is 9. The van der Waals surface area contributed by atoms with Gasteiger partial charge >= 0.3 is 6.18 Å². The standard InChI is InChI=1S/C31H35F3N6O3S/c1-4-39(19-21-7-5-6-8-21)27-9-10-28(42-2)38-26(27)20-40(30-36-17-25(18-37-30)43-11-12-44-3)29(41)23-13-22(16-35)14-24(15-23)31(32,33)34/h9-10,13-15,17-18,21H,4-8,11-12,19-20H2,1-3H3. The van der Waals surface area contributed by atoms with Gasteiger partial charge in [0.1, 0.15) is 0 Å². The van der Waals surface area contributed by atoms with E-state index >= 15 is 0 Å². The summed E-state index contributed by atoms with van der Waals surface area (Å²) in [5.41, 5.74) is -0.489. The van der Waals surface area contributed by atoms with Crippen molar-refractivity contribution in [3.63, 3.8) is 0 Å². The van der Waals surface area contributed by atoms with Crippen LogP contribution >= 0.6 is 11.8 Å². The van der Waals surface area contributed by atoms with Crippen molar-refractivity contribution in [2.45, 2.75) is 45.3 Å². The zero-order valence-electron chi connectivity index (χ0n) is 24.9. The van der Waals surface area contributed by atoms with E-state index in [2.05, 4.69) is 19.9 Å². The molecular formula is C31H35F3N6O3S. The van der Waals surface area contributed by atoms with Crippen LogP contribution in [-0.2, 0) is 12.7 Å². The van der Waals surface area contributed by atoms with Gasteiger partial charge in [-0.25, -0.2) is 15.0 Å². The Morgan fingerprint density at radius 1 is 1.16 bits per heavy atom. The van der Waals surface area contributed by atoms with Crippen molar-refractivity contribution in [1.82, 2.24) is 15.0 Å². The number of pyridine rings is 1. The highest BCUT2D eigenvalue weighted by Crippen LogP contribution is 2.33. The maximum atomic E-state index is 14.0. The fourth-order valence-corrected chi connectivity index (χ4v) is 5.43. The number of methoxy groups -OCH3 is 1. The van der Waals surface area contributed by atoms with Gasteiger partial charge in [-0.2, -0.15) is 30.2 Å². The summed E-state index contributed by atoms with van der Waals surface area (Å²) >= 11 is 1.61. The Morgan fingerprint density at radius 2 is 1.89 bits per heavy atom. The fraction of sp³-hybridized carbons (Fsp3) is 0.452. The molecule has 44 heavy (non-hydrogen) atoms. The highest BCUT2D eigenvalue weighted by atomic mass is 32.2. The molecular weight excluding hydrogens is 593 g/mol. The zero-order chi connectivity index (χ0) is 31.7. The number of nitriles is 1. The molecule has 0 N–H and O–H groups in total. The Morgan fingerprint density at radius 3 is 2.50 bits per heavy atom. The molecule has 2 heterocycles. The van der Waals surface area contributed by atoms with Gasteiger partial charge in [-0.15, -0.1) is 0 Å². The van der Waals surface area contributed by atoms with E-state index in [4.69, 9.17) is 9.47 Å². The third-order valence-electron chi connectivity index (χ3n) is 7.41.